The van der Waals surface area contributed by atoms with Crippen molar-refractivity contribution in [3.8, 4) is 0 Å². The average Bonchev–Trinajstić information content (AvgIpc) is 2.78. The fourth-order valence-electron chi connectivity index (χ4n) is 3.57. The van der Waals surface area contributed by atoms with Crippen LogP contribution in [0.4, 0.5) is 0 Å². The first kappa shape index (κ1) is 10.7. The second-order valence-electron chi connectivity index (χ2n) is 5.46. The number of benzene rings is 1. The van der Waals surface area contributed by atoms with Gasteiger partial charge in [-0.25, -0.2) is 0 Å². The third-order valence-corrected chi connectivity index (χ3v) is 4.38. The number of ketones is 2. The maximum Gasteiger partial charge on any atom is 0.137 e. The molecule has 2 atom stereocenters. The van der Waals surface area contributed by atoms with Crippen molar-refractivity contribution in [2.24, 2.45) is 11.3 Å². The highest BCUT2D eigenvalue weighted by molar-refractivity contribution is 5.94. The molecule has 2 aliphatic rings. The normalized spacial score (nSPS) is 31.9. The summed E-state index contributed by atoms with van der Waals surface area (Å²) in [6, 6.07) is 10.2. The van der Waals surface area contributed by atoms with Crippen molar-refractivity contribution in [2.45, 2.75) is 32.1 Å². The molecule has 88 valence electrons. The van der Waals surface area contributed by atoms with Crippen molar-refractivity contribution in [1.82, 2.24) is 0 Å². The zero-order valence-corrected chi connectivity index (χ0v) is 9.82. The number of rotatable bonds is 2. The molecule has 1 aromatic rings. The molecule has 0 radical (unpaired) electrons. The molecule has 1 aromatic carbocycles. The second kappa shape index (κ2) is 3.80. The average molecular weight is 228 g/mol. The zero-order chi connectivity index (χ0) is 11.9. The van der Waals surface area contributed by atoms with Crippen LogP contribution in [-0.2, 0) is 16.0 Å². The number of carbonyl (C=O) groups is 2. The number of fused-ring (bicyclic) bond motifs is 1. The van der Waals surface area contributed by atoms with Crippen LogP contribution >= 0.6 is 0 Å². The molecule has 0 spiro atoms. The van der Waals surface area contributed by atoms with E-state index < -0.39 is 0 Å². The predicted molar refractivity (Wildman–Crippen MR) is 64.6 cm³/mol. The van der Waals surface area contributed by atoms with Gasteiger partial charge in [-0.2, -0.15) is 0 Å². The molecule has 2 fully saturated rings. The van der Waals surface area contributed by atoms with E-state index in [1.165, 1.54) is 5.56 Å². The maximum atomic E-state index is 11.8. The number of Topliss-reactive ketones (excluding diaryl/α,β-unsaturated/α-hetero) is 2. The highest BCUT2D eigenvalue weighted by Crippen LogP contribution is 2.52. The van der Waals surface area contributed by atoms with Crippen molar-refractivity contribution in [2.75, 3.05) is 0 Å². The van der Waals surface area contributed by atoms with Gasteiger partial charge in [0.15, 0.2) is 0 Å². The molecule has 2 heteroatoms. The van der Waals surface area contributed by atoms with Gasteiger partial charge in [0.25, 0.3) is 0 Å². The summed E-state index contributed by atoms with van der Waals surface area (Å²) in [5.74, 6) is 0.598. The molecule has 0 saturated heterocycles. The van der Waals surface area contributed by atoms with Crippen LogP contribution < -0.4 is 0 Å². The van der Waals surface area contributed by atoms with E-state index in [0.29, 0.717) is 25.0 Å². The van der Waals surface area contributed by atoms with Gasteiger partial charge in [-0.05, 0) is 23.8 Å². The fourth-order valence-corrected chi connectivity index (χ4v) is 3.57. The molecule has 2 aliphatic carbocycles. The van der Waals surface area contributed by atoms with E-state index in [1.54, 1.807) is 0 Å². The molecule has 0 N–H and O–H groups in total. The lowest BCUT2D eigenvalue weighted by Gasteiger charge is -2.27. The van der Waals surface area contributed by atoms with Crippen LogP contribution in [0.5, 0.6) is 0 Å². The molecule has 3 rings (SSSR count). The predicted octanol–water partition coefficient (Wildman–Crippen LogP) is 2.56. The van der Waals surface area contributed by atoms with E-state index in [2.05, 4.69) is 12.1 Å². The van der Waals surface area contributed by atoms with Crippen LogP contribution in [0.1, 0.15) is 31.2 Å². The summed E-state index contributed by atoms with van der Waals surface area (Å²) in [7, 11) is 0. The van der Waals surface area contributed by atoms with Crippen molar-refractivity contribution < 1.29 is 9.59 Å². The third kappa shape index (κ3) is 1.72. The van der Waals surface area contributed by atoms with Gasteiger partial charge >= 0.3 is 0 Å². The van der Waals surface area contributed by atoms with Gasteiger partial charge in [0.2, 0.25) is 0 Å². The first-order chi connectivity index (χ1) is 8.20. The van der Waals surface area contributed by atoms with Gasteiger partial charge in [-0.1, -0.05) is 30.3 Å². The molecule has 0 heterocycles. The Hall–Kier alpha value is -1.44. The largest absolute Gasteiger partial charge is 0.300 e. The molecule has 0 unspecified atom stereocenters. The summed E-state index contributed by atoms with van der Waals surface area (Å²) >= 11 is 0. The van der Waals surface area contributed by atoms with Crippen LogP contribution in [0.15, 0.2) is 30.3 Å². The van der Waals surface area contributed by atoms with Crippen LogP contribution in [-0.4, -0.2) is 11.6 Å². The van der Waals surface area contributed by atoms with Crippen molar-refractivity contribution in [1.29, 1.82) is 0 Å². The number of carbonyl (C=O) groups excluding carboxylic acids is 2. The first-order valence-electron chi connectivity index (χ1n) is 6.28. The Balaban J connectivity index is 1.90. The summed E-state index contributed by atoms with van der Waals surface area (Å²) in [6.07, 6.45) is 3.56. The van der Waals surface area contributed by atoms with Gasteiger partial charge in [-0.15, -0.1) is 0 Å². The zero-order valence-electron chi connectivity index (χ0n) is 9.82. The first-order valence-corrected chi connectivity index (χ1v) is 6.28. The highest BCUT2D eigenvalue weighted by atomic mass is 16.1. The minimum absolute atomic E-state index is 0.00945. The molecule has 17 heavy (non-hydrogen) atoms. The molecule has 0 bridgehead atoms. The van der Waals surface area contributed by atoms with E-state index in [9.17, 15) is 9.59 Å². The molecule has 2 nitrogen and oxygen atoms in total. The molecule has 0 amide bonds. The minimum atomic E-state index is -0.0461. The minimum Gasteiger partial charge on any atom is -0.300 e. The second-order valence-corrected chi connectivity index (χ2v) is 5.46. The van der Waals surface area contributed by atoms with Crippen LogP contribution in [0, 0.1) is 11.3 Å². The lowest BCUT2D eigenvalue weighted by molar-refractivity contribution is -0.123. The van der Waals surface area contributed by atoms with E-state index >= 15 is 0 Å². The maximum absolute atomic E-state index is 11.8. The quantitative estimate of drug-likeness (QED) is 0.779. The lowest BCUT2D eigenvalue weighted by Crippen LogP contribution is -2.25. The Labute approximate surface area is 101 Å². The van der Waals surface area contributed by atoms with Gasteiger partial charge in [0, 0.05) is 25.2 Å². The van der Waals surface area contributed by atoms with E-state index in [4.69, 9.17) is 0 Å². The summed E-state index contributed by atoms with van der Waals surface area (Å²) in [5, 5.41) is 0. The van der Waals surface area contributed by atoms with Gasteiger partial charge in [-0.3, -0.25) is 9.59 Å². The standard InChI is InChI=1S/C15H16O2/c16-12-8-13-14(17)6-7-15(13,10-12)9-11-4-2-1-3-5-11/h1-5,13H,6-10H2/t13-,15+/m1/s1. The molecular formula is C15H16O2. The van der Waals surface area contributed by atoms with E-state index in [1.807, 2.05) is 18.2 Å². The Morgan fingerprint density at radius 2 is 1.94 bits per heavy atom. The Kier molecular flexibility index (Phi) is 2.39. The summed E-state index contributed by atoms with van der Waals surface area (Å²) in [4.78, 5) is 23.5. The Bertz CT molecular complexity index is 463. The molecule has 0 aromatic heterocycles. The van der Waals surface area contributed by atoms with E-state index in [0.717, 1.165) is 12.8 Å². The van der Waals surface area contributed by atoms with Crippen LogP contribution in [0.2, 0.25) is 0 Å². The van der Waals surface area contributed by atoms with Crippen molar-refractivity contribution >= 4 is 11.6 Å². The molecule has 0 aliphatic heterocycles. The monoisotopic (exact) mass is 228 g/mol. The topological polar surface area (TPSA) is 34.1 Å². The third-order valence-electron chi connectivity index (χ3n) is 4.38. The Morgan fingerprint density at radius 1 is 1.18 bits per heavy atom. The van der Waals surface area contributed by atoms with Crippen LogP contribution in [0.25, 0.3) is 0 Å². The number of hydrogen-bond acceptors (Lipinski definition) is 2. The number of hydrogen-bond donors (Lipinski definition) is 0. The van der Waals surface area contributed by atoms with E-state index in [-0.39, 0.29) is 17.1 Å². The fraction of sp³-hybridized carbons (Fsp3) is 0.467. The SMILES string of the molecule is O=C1C[C@@H]2C(=O)CC[C@]2(Cc2ccccc2)C1. The van der Waals surface area contributed by atoms with Gasteiger partial charge in [0.1, 0.15) is 11.6 Å². The highest BCUT2D eigenvalue weighted by Gasteiger charge is 2.53. The smallest absolute Gasteiger partial charge is 0.137 e. The lowest BCUT2D eigenvalue weighted by atomic mass is 9.75. The Morgan fingerprint density at radius 3 is 2.71 bits per heavy atom. The van der Waals surface area contributed by atoms with Crippen LogP contribution in [0.3, 0.4) is 0 Å². The van der Waals surface area contributed by atoms with Crippen molar-refractivity contribution in [3.05, 3.63) is 35.9 Å². The van der Waals surface area contributed by atoms with Gasteiger partial charge < -0.3 is 0 Å². The summed E-state index contributed by atoms with van der Waals surface area (Å²) in [6.45, 7) is 0. The molecular weight excluding hydrogens is 212 g/mol. The summed E-state index contributed by atoms with van der Waals surface area (Å²) in [5.41, 5.74) is 1.21. The molecule has 2 saturated carbocycles. The van der Waals surface area contributed by atoms with Gasteiger partial charge in [0.05, 0.1) is 0 Å². The van der Waals surface area contributed by atoms with Crippen molar-refractivity contribution in [3.63, 3.8) is 0 Å². The summed E-state index contributed by atoms with van der Waals surface area (Å²) < 4.78 is 0.